The number of thioether (sulfide) groups is 1. The Morgan fingerprint density at radius 1 is 1.39 bits per heavy atom. The first kappa shape index (κ1) is 13.7. The lowest BCUT2D eigenvalue weighted by molar-refractivity contribution is -0.142. The number of aliphatic carboxylic acids is 1. The molecule has 5 heteroatoms. The fourth-order valence-electron chi connectivity index (χ4n) is 2.91. The van der Waals surface area contributed by atoms with Crippen molar-refractivity contribution < 1.29 is 14.7 Å². The maximum atomic E-state index is 12.2. The van der Waals surface area contributed by atoms with Crippen LogP contribution in [0, 0.1) is 23.7 Å². The molecule has 2 aliphatic rings. The van der Waals surface area contributed by atoms with Gasteiger partial charge in [0.2, 0.25) is 5.91 Å². The number of amides is 1. The third-order valence-electron chi connectivity index (χ3n) is 4.06. The highest BCUT2D eigenvalue weighted by molar-refractivity contribution is 7.98. The number of hydrogen-bond acceptors (Lipinski definition) is 3. The summed E-state index contributed by atoms with van der Waals surface area (Å²) in [5, 5.41) is 9.26. The molecule has 2 fully saturated rings. The van der Waals surface area contributed by atoms with Crippen LogP contribution >= 0.6 is 11.8 Å². The van der Waals surface area contributed by atoms with Gasteiger partial charge in [0.15, 0.2) is 0 Å². The second-order valence-electron chi connectivity index (χ2n) is 5.55. The molecular weight excluding hydrogens is 250 g/mol. The van der Waals surface area contributed by atoms with Crippen LogP contribution in [0.1, 0.15) is 19.8 Å². The molecule has 0 spiro atoms. The summed E-state index contributed by atoms with van der Waals surface area (Å²) in [4.78, 5) is 25.3. The van der Waals surface area contributed by atoms with Crippen molar-refractivity contribution in [3.05, 3.63) is 0 Å². The Labute approximate surface area is 112 Å². The van der Waals surface area contributed by atoms with E-state index in [1.807, 2.05) is 13.2 Å². The molecule has 1 saturated carbocycles. The summed E-state index contributed by atoms with van der Waals surface area (Å²) < 4.78 is 0. The van der Waals surface area contributed by atoms with Crippen LogP contribution in [0.15, 0.2) is 0 Å². The summed E-state index contributed by atoms with van der Waals surface area (Å²) in [7, 11) is 0. The highest BCUT2D eigenvalue weighted by Crippen LogP contribution is 2.44. The first-order chi connectivity index (χ1) is 8.54. The zero-order valence-corrected chi connectivity index (χ0v) is 11.8. The molecule has 0 aromatic carbocycles. The van der Waals surface area contributed by atoms with E-state index in [9.17, 15) is 14.7 Å². The summed E-state index contributed by atoms with van der Waals surface area (Å²) in [6.45, 7) is 2.99. The summed E-state index contributed by atoms with van der Waals surface area (Å²) in [6.07, 6.45) is 4.26. The van der Waals surface area contributed by atoms with Crippen LogP contribution in [0.2, 0.25) is 0 Å². The van der Waals surface area contributed by atoms with Gasteiger partial charge in [0, 0.05) is 24.8 Å². The Morgan fingerprint density at radius 3 is 2.56 bits per heavy atom. The molecule has 1 aliphatic heterocycles. The van der Waals surface area contributed by atoms with Crippen LogP contribution in [0.25, 0.3) is 0 Å². The van der Waals surface area contributed by atoms with Crippen molar-refractivity contribution >= 4 is 23.6 Å². The van der Waals surface area contributed by atoms with Gasteiger partial charge in [0.05, 0.1) is 5.92 Å². The van der Waals surface area contributed by atoms with Gasteiger partial charge in [-0.3, -0.25) is 9.59 Å². The molecule has 1 amide bonds. The van der Waals surface area contributed by atoms with Crippen LogP contribution in [-0.2, 0) is 9.59 Å². The van der Waals surface area contributed by atoms with Gasteiger partial charge in [-0.15, -0.1) is 0 Å². The van der Waals surface area contributed by atoms with E-state index < -0.39 is 5.97 Å². The lowest BCUT2D eigenvalue weighted by atomic mass is 9.92. The quantitative estimate of drug-likeness (QED) is 0.824. The third-order valence-corrected chi connectivity index (χ3v) is 4.89. The number of carboxylic acid groups (broad SMARTS) is 1. The average molecular weight is 271 g/mol. The summed E-state index contributed by atoms with van der Waals surface area (Å²) >= 11 is 1.66. The van der Waals surface area contributed by atoms with Crippen molar-refractivity contribution in [1.29, 1.82) is 0 Å². The zero-order chi connectivity index (χ0) is 13.3. The molecule has 1 aliphatic carbocycles. The molecule has 18 heavy (non-hydrogen) atoms. The van der Waals surface area contributed by atoms with Gasteiger partial charge in [-0.1, -0.05) is 6.92 Å². The molecule has 0 bridgehead atoms. The van der Waals surface area contributed by atoms with Gasteiger partial charge in [0.1, 0.15) is 0 Å². The predicted molar refractivity (Wildman–Crippen MR) is 71.5 cm³/mol. The van der Waals surface area contributed by atoms with Crippen molar-refractivity contribution in [3.8, 4) is 0 Å². The van der Waals surface area contributed by atoms with Crippen LogP contribution < -0.4 is 0 Å². The topological polar surface area (TPSA) is 57.6 Å². The number of carbonyl (C=O) groups is 2. The predicted octanol–water partition coefficient (Wildman–Crippen LogP) is 1.55. The van der Waals surface area contributed by atoms with E-state index in [4.69, 9.17) is 0 Å². The summed E-state index contributed by atoms with van der Waals surface area (Å²) in [6, 6.07) is 0. The maximum Gasteiger partial charge on any atom is 0.308 e. The molecule has 102 valence electrons. The van der Waals surface area contributed by atoms with Gasteiger partial charge in [-0.2, -0.15) is 11.8 Å². The van der Waals surface area contributed by atoms with Gasteiger partial charge in [0.25, 0.3) is 0 Å². The number of hydrogen-bond donors (Lipinski definition) is 1. The Hall–Kier alpha value is -0.710. The number of rotatable bonds is 5. The number of carboxylic acids is 1. The summed E-state index contributed by atoms with van der Waals surface area (Å²) in [5.74, 6) is 0.572. The van der Waals surface area contributed by atoms with Crippen LogP contribution in [0.3, 0.4) is 0 Å². The Morgan fingerprint density at radius 2 is 2.06 bits per heavy atom. The van der Waals surface area contributed by atoms with Crippen LogP contribution in [-0.4, -0.2) is 47.0 Å². The molecule has 0 radical (unpaired) electrons. The number of nitrogens with zero attached hydrogens (tertiary/aromatic N) is 1. The van der Waals surface area contributed by atoms with Gasteiger partial charge < -0.3 is 10.0 Å². The fraction of sp³-hybridized carbons (Fsp3) is 0.846. The Kier molecular flexibility index (Phi) is 4.20. The van der Waals surface area contributed by atoms with Crippen molar-refractivity contribution in [2.45, 2.75) is 19.8 Å². The monoisotopic (exact) mass is 271 g/mol. The minimum atomic E-state index is -0.736. The third kappa shape index (κ3) is 2.82. The smallest absolute Gasteiger partial charge is 0.308 e. The molecule has 1 heterocycles. The molecule has 0 aromatic rings. The minimum absolute atomic E-state index is 0.00704. The maximum absolute atomic E-state index is 12.2. The second kappa shape index (κ2) is 5.51. The second-order valence-corrected chi connectivity index (χ2v) is 6.46. The van der Waals surface area contributed by atoms with Crippen molar-refractivity contribution in [2.75, 3.05) is 25.1 Å². The van der Waals surface area contributed by atoms with Crippen molar-refractivity contribution in [2.24, 2.45) is 23.7 Å². The standard InChI is InChI=1S/C13H21NO3S/c1-8(7-18-2)12(15)14-5-10(9-3-4-9)11(6-14)13(16)17/h8-11H,3-7H2,1-2H3,(H,16,17)/t8?,10-,11+/m1/s1. The molecule has 1 unspecified atom stereocenters. The van der Waals surface area contributed by atoms with E-state index in [0.717, 1.165) is 18.6 Å². The lowest BCUT2D eigenvalue weighted by Crippen LogP contribution is -2.35. The fourth-order valence-corrected chi connectivity index (χ4v) is 3.55. The van der Waals surface area contributed by atoms with Gasteiger partial charge in [-0.25, -0.2) is 0 Å². The van der Waals surface area contributed by atoms with Crippen molar-refractivity contribution in [3.63, 3.8) is 0 Å². The molecular formula is C13H21NO3S. The number of likely N-dealkylation sites (tertiary alicyclic amines) is 1. The SMILES string of the molecule is CSCC(C)C(=O)N1C[C@H](C(=O)O)[C@@H](C2CC2)C1. The van der Waals surface area contributed by atoms with Crippen LogP contribution in [0.4, 0.5) is 0 Å². The van der Waals surface area contributed by atoms with Crippen LogP contribution in [0.5, 0.6) is 0 Å². The van der Waals surface area contributed by atoms with E-state index in [-0.39, 0.29) is 23.7 Å². The summed E-state index contributed by atoms with van der Waals surface area (Å²) in [5.41, 5.74) is 0. The van der Waals surface area contributed by atoms with E-state index in [1.165, 1.54) is 0 Å². The van der Waals surface area contributed by atoms with Gasteiger partial charge >= 0.3 is 5.97 Å². The normalized spacial score (nSPS) is 29.3. The highest BCUT2D eigenvalue weighted by atomic mass is 32.2. The lowest BCUT2D eigenvalue weighted by Gasteiger charge is -2.20. The molecule has 1 N–H and O–H groups in total. The van der Waals surface area contributed by atoms with Crippen molar-refractivity contribution in [1.82, 2.24) is 4.90 Å². The molecule has 0 aromatic heterocycles. The minimum Gasteiger partial charge on any atom is -0.481 e. The highest BCUT2D eigenvalue weighted by Gasteiger charge is 2.47. The largest absolute Gasteiger partial charge is 0.481 e. The Bertz CT molecular complexity index is 343. The molecule has 1 saturated heterocycles. The van der Waals surface area contributed by atoms with E-state index >= 15 is 0 Å². The van der Waals surface area contributed by atoms with E-state index in [2.05, 4.69) is 0 Å². The molecule has 4 nitrogen and oxygen atoms in total. The molecule has 2 rings (SSSR count). The number of carbonyl (C=O) groups excluding carboxylic acids is 1. The first-order valence-corrected chi connectivity index (χ1v) is 7.94. The van der Waals surface area contributed by atoms with Gasteiger partial charge in [-0.05, 0) is 30.9 Å². The molecule has 3 atom stereocenters. The van der Waals surface area contributed by atoms with E-state index in [0.29, 0.717) is 19.0 Å². The first-order valence-electron chi connectivity index (χ1n) is 6.55. The Balaban J connectivity index is 1.99. The van der Waals surface area contributed by atoms with E-state index in [1.54, 1.807) is 16.7 Å². The zero-order valence-electron chi connectivity index (χ0n) is 11.0. The average Bonchev–Trinajstić information content (AvgIpc) is 3.07.